The molecule has 0 heterocycles. The van der Waals surface area contributed by atoms with Crippen LogP contribution in [0.1, 0.15) is 26.3 Å². The van der Waals surface area contributed by atoms with E-state index >= 15 is 0 Å². The molecule has 88 valence electrons. The maximum Gasteiger partial charge on any atom is 2.00 e. The van der Waals surface area contributed by atoms with Gasteiger partial charge in [0.25, 0.3) is 0 Å². The van der Waals surface area contributed by atoms with Gasteiger partial charge in [-0.15, -0.1) is 5.56 Å². The summed E-state index contributed by atoms with van der Waals surface area (Å²) in [5, 5.41) is 9.91. The summed E-state index contributed by atoms with van der Waals surface area (Å²) in [6.45, 7) is 8.40. The minimum atomic E-state index is -1.01. The molecule has 0 spiro atoms. The molecule has 0 N–H and O–H groups in total. The molecule has 3 heteroatoms. The van der Waals surface area contributed by atoms with E-state index in [4.69, 9.17) is 0 Å². The molecule has 17 heavy (non-hydrogen) atoms. The van der Waals surface area contributed by atoms with Gasteiger partial charge in [-0.05, 0) is 0 Å². The smallest absolute Gasteiger partial charge is 0.550 e. The fraction of sp³-hybridized carbons (Fsp3) is 0.286. The maximum atomic E-state index is 9.91. The second-order valence-electron chi connectivity index (χ2n) is 4.35. The topological polar surface area (TPSA) is 40.1 Å². The number of benzene rings is 1. The molecule has 0 aromatic heterocycles. The Bertz CT molecular complexity index is 337. The van der Waals surface area contributed by atoms with Gasteiger partial charge in [0.1, 0.15) is 0 Å². The zero-order valence-electron chi connectivity index (χ0n) is 10.8. The molecule has 0 radical (unpaired) electrons. The predicted octanol–water partition coefficient (Wildman–Crippen LogP) is 2.31. The van der Waals surface area contributed by atoms with Crippen LogP contribution < -0.4 is 5.11 Å². The van der Waals surface area contributed by atoms with Crippen LogP contribution in [0.5, 0.6) is 0 Å². The molecule has 0 bridgehead atoms. The van der Waals surface area contributed by atoms with Crippen LogP contribution in [-0.2, 0) is 24.3 Å². The third-order valence-corrected chi connectivity index (χ3v) is 1.72. The molecule has 2 nitrogen and oxygen atoms in total. The number of hydrogen-bond donors (Lipinski definition) is 0. The Hall–Kier alpha value is -1.08. The Morgan fingerprint density at radius 1 is 1.24 bits per heavy atom. The number of rotatable bonds is 1. The van der Waals surface area contributed by atoms with Crippen molar-refractivity contribution in [2.45, 2.75) is 20.8 Å². The van der Waals surface area contributed by atoms with Gasteiger partial charge in [-0.3, -0.25) is 0 Å². The number of hydrogen-bond acceptors (Lipinski definition) is 2. The van der Waals surface area contributed by atoms with Gasteiger partial charge < -0.3 is 9.90 Å². The van der Waals surface area contributed by atoms with E-state index in [-0.39, 0.29) is 19.5 Å². The summed E-state index contributed by atoms with van der Waals surface area (Å²) in [7, 11) is 0. The predicted molar refractivity (Wildman–Crippen MR) is 65.3 cm³/mol. The van der Waals surface area contributed by atoms with Crippen LogP contribution in [0.25, 0.3) is 6.08 Å². The first-order valence-corrected chi connectivity index (χ1v) is 5.10. The summed E-state index contributed by atoms with van der Waals surface area (Å²) in [6, 6.07) is 10.1. The number of allylic oxidation sites excluding steroid dienone is 1. The molecule has 1 aromatic carbocycles. The zero-order chi connectivity index (χ0) is 12.6. The van der Waals surface area contributed by atoms with Gasteiger partial charge in [0, 0.05) is 11.4 Å². The number of carbonyl (C=O) groups excluding carboxylic acids is 1. The van der Waals surface area contributed by atoms with E-state index in [1.54, 1.807) is 26.8 Å². The van der Waals surface area contributed by atoms with Gasteiger partial charge in [0.15, 0.2) is 0 Å². The summed E-state index contributed by atoms with van der Waals surface area (Å²) in [6.07, 6.45) is 3.76. The van der Waals surface area contributed by atoms with Gasteiger partial charge in [-0.25, -0.2) is 19.1 Å². The number of aliphatic carboxylic acids is 1. The summed E-state index contributed by atoms with van der Waals surface area (Å²) in [4.78, 5) is 9.91. The number of carboxylic acid groups (broad SMARTS) is 1. The van der Waals surface area contributed by atoms with E-state index in [0.29, 0.717) is 0 Å². The van der Waals surface area contributed by atoms with Gasteiger partial charge in [0.2, 0.25) is 0 Å². The Balaban J connectivity index is 0. The van der Waals surface area contributed by atoms with Gasteiger partial charge in [-0.1, -0.05) is 51.1 Å². The van der Waals surface area contributed by atoms with Gasteiger partial charge in [-0.2, -0.15) is 0 Å². The van der Waals surface area contributed by atoms with Crippen molar-refractivity contribution in [2.75, 3.05) is 0 Å². The van der Waals surface area contributed by atoms with E-state index in [2.05, 4.69) is 6.92 Å². The monoisotopic (exact) mass is 282 g/mol. The Kier molecular flexibility index (Phi) is 9.69. The van der Waals surface area contributed by atoms with Crippen molar-refractivity contribution in [2.24, 2.45) is 5.41 Å². The van der Waals surface area contributed by atoms with Crippen LogP contribution in [0, 0.1) is 12.3 Å². The van der Waals surface area contributed by atoms with Crippen LogP contribution in [0.4, 0.5) is 0 Å². The maximum absolute atomic E-state index is 9.91. The van der Waals surface area contributed by atoms with E-state index in [1.165, 1.54) is 5.56 Å². The van der Waals surface area contributed by atoms with E-state index in [0.717, 1.165) is 0 Å². The van der Waals surface area contributed by atoms with Crippen LogP contribution in [0.3, 0.4) is 0 Å². The van der Waals surface area contributed by atoms with E-state index in [9.17, 15) is 9.90 Å². The molecule has 0 saturated carbocycles. The fourth-order valence-corrected chi connectivity index (χ4v) is 0.700. The molecular formula is C14H18O2Zn. The Morgan fingerprint density at radius 2 is 1.65 bits per heavy atom. The SMILES string of the molecule is CC(C)(C)C(=O)[O-].[CH2-]/C=C/c1ccccc1.[Zn+2]. The standard InChI is InChI=1S/C9H9.C5H10O2.Zn/c1-2-6-9-7-4-3-5-8-9;1-5(2,3)4(6)7;/h2-8H,1H2;1-3H3,(H,6,7);/q-1;;+2/p-1/b6-2+;;. The average Bonchev–Trinajstić information content (AvgIpc) is 2.19. The van der Waals surface area contributed by atoms with Crippen molar-refractivity contribution < 1.29 is 29.4 Å². The van der Waals surface area contributed by atoms with Crippen molar-refractivity contribution in [3.8, 4) is 0 Å². The van der Waals surface area contributed by atoms with E-state index in [1.807, 2.05) is 36.4 Å². The van der Waals surface area contributed by atoms with Crippen LogP contribution in [-0.4, -0.2) is 5.97 Å². The fourth-order valence-electron chi connectivity index (χ4n) is 0.700. The molecule has 0 fully saturated rings. The molecule has 1 rings (SSSR count). The van der Waals surface area contributed by atoms with Crippen LogP contribution in [0.15, 0.2) is 36.4 Å². The second kappa shape index (κ2) is 9.01. The molecule has 0 unspecified atom stereocenters. The molecule has 0 aliphatic carbocycles. The molecule has 0 saturated heterocycles. The number of carbonyl (C=O) groups is 1. The first kappa shape index (κ1) is 18.3. The Labute approximate surface area is 117 Å². The largest absolute Gasteiger partial charge is 2.00 e. The summed E-state index contributed by atoms with van der Waals surface area (Å²) in [5.74, 6) is -1.01. The van der Waals surface area contributed by atoms with Crippen molar-refractivity contribution in [3.63, 3.8) is 0 Å². The van der Waals surface area contributed by atoms with Crippen molar-refractivity contribution in [1.29, 1.82) is 0 Å². The van der Waals surface area contributed by atoms with Crippen LogP contribution in [0.2, 0.25) is 0 Å². The Morgan fingerprint density at radius 3 is 1.94 bits per heavy atom. The minimum absolute atomic E-state index is 0. The first-order valence-electron chi connectivity index (χ1n) is 5.10. The first-order chi connectivity index (χ1) is 7.38. The van der Waals surface area contributed by atoms with Crippen molar-refractivity contribution in [1.82, 2.24) is 0 Å². The molecule has 0 aliphatic heterocycles. The van der Waals surface area contributed by atoms with E-state index < -0.39 is 11.4 Å². The van der Waals surface area contributed by atoms with Crippen molar-refractivity contribution in [3.05, 3.63) is 48.9 Å². The summed E-state index contributed by atoms with van der Waals surface area (Å²) >= 11 is 0. The summed E-state index contributed by atoms with van der Waals surface area (Å²) < 4.78 is 0. The van der Waals surface area contributed by atoms with Crippen molar-refractivity contribution >= 4 is 12.0 Å². The van der Waals surface area contributed by atoms with Crippen LogP contribution >= 0.6 is 0 Å². The molecular weight excluding hydrogens is 266 g/mol. The average molecular weight is 284 g/mol. The molecule has 0 atom stereocenters. The normalized spacial score (nSPS) is 10.1. The number of carboxylic acids is 1. The molecule has 1 aromatic rings. The second-order valence-corrected chi connectivity index (χ2v) is 4.35. The quantitative estimate of drug-likeness (QED) is 0.586. The summed E-state index contributed by atoms with van der Waals surface area (Å²) in [5.41, 5.74) is 0.507. The zero-order valence-corrected chi connectivity index (χ0v) is 13.7. The third kappa shape index (κ3) is 9.83. The minimum Gasteiger partial charge on any atom is -0.550 e. The van der Waals surface area contributed by atoms with Gasteiger partial charge >= 0.3 is 19.5 Å². The molecule has 0 amide bonds. The van der Waals surface area contributed by atoms with Gasteiger partial charge in [0.05, 0.1) is 0 Å². The third-order valence-electron chi connectivity index (χ3n) is 1.72. The molecule has 0 aliphatic rings.